The lowest BCUT2D eigenvalue weighted by Crippen LogP contribution is -1.89. The highest BCUT2D eigenvalue weighted by Gasteiger charge is 2.15. The molecule has 0 bridgehead atoms. The Morgan fingerprint density at radius 1 is 2.00 bits per heavy atom. The van der Waals surface area contributed by atoms with E-state index < -0.39 is 0 Å². The summed E-state index contributed by atoms with van der Waals surface area (Å²) in [5, 5.41) is 0. The van der Waals surface area contributed by atoms with Crippen molar-refractivity contribution in [2.75, 3.05) is 0 Å². The van der Waals surface area contributed by atoms with Crippen LogP contribution in [0.2, 0.25) is 0 Å². The van der Waals surface area contributed by atoms with Crippen molar-refractivity contribution in [1.29, 1.82) is 0 Å². The highest BCUT2D eigenvalue weighted by Crippen LogP contribution is 2.28. The van der Waals surface area contributed by atoms with Gasteiger partial charge < -0.3 is 0 Å². The molecule has 0 spiro atoms. The van der Waals surface area contributed by atoms with E-state index in [0.29, 0.717) is 5.92 Å². The number of rotatable bonds is 2. The second-order valence-corrected chi connectivity index (χ2v) is 2.11. The first-order valence-corrected chi connectivity index (χ1v) is 3.03. The molecule has 0 N–H and O–H groups in total. The van der Waals surface area contributed by atoms with Crippen LogP contribution < -0.4 is 0 Å². The standard InChI is InChI=1S/C8H10/c1-3-7(4-2)8-5-6-8/h1,5,7H,4,6H2,2H3. The summed E-state index contributed by atoms with van der Waals surface area (Å²) in [5.41, 5.74) is 1.47. The first kappa shape index (κ1) is 5.44. The highest BCUT2D eigenvalue weighted by molar-refractivity contribution is 5.30. The Morgan fingerprint density at radius 3 is 2.75 bits per heavy atom. The van der Waals surface area contributed by atoms with Crippen LogP contribution in [-0.2, 0) is 0 Å². The van der Waals surface area contributed by atoms with E-state index in [4.69, 9.17) is 6.42 Å². The molecular weight excluding hydrogens is 96.1 g/mol. The lowest BCUT2D eigenvalue weighted by molar-refractivity contribution is 0.772. The van der Waals surface area contributed by atoms with E-state index in [1.54, 1.807) is 0 Å². The molecule has 0 aromatic heterocycles. The van der Waals surface area contributed by atoms with E-state index >= 15 is 0 Å². The van der Waals surface area contributed by atoms with E-state index in [1.807, 2.05) is 0 Å². The van der Waals surface area contributed by atoms with Gasteiger partial charge in [0.1, 0.15) is 0 Å². The third-order valence-corrected chi connectivity index (χ3v) is 1.50. The molecule has 0 saturated carbocycles. The Morgan fingerprint density at radius 2 is 2.62 bits per heavy atom. The maximum atomic E-state index is 5.23. The van der Waals surface area contributed by atoms with E-state index in [0.717, 1.165) is 6.42 Å². The molecule has 0 radical (unpaired) electrons. The topological polar surface area (TPSA) is 0 Å². The van der Waals surface area contributed by atoms with Crippen LogP contribution in [0.5, 0.6) is 0 Å². The second-order valence-electron chi connectivity index (χ2n) is 2.11. The molecule has 8 heavy (non-hydrogen) atoms. The predicted octanol–water partition coefficient (Wildman–Crippen LogP) is 1.98. The van der Waals surface area contributed by atoms with Crippen LogP contribution in [0.25, 0.3) is 0 Å². The second kappa shape index (κ2) is 2.05. The molecule has 0 heterocycles. The van der Waals surface area contributed by atoms with Crippen LogP contribution in [-0.4, -0.2) is 0 Å². The minimum absolute atomic E-state index is 0.454. The summed E-state index contributed by atoms with van der Waals surface area (Å²) in [7, 11) is 0. The molecule has 0 aromatic carbocycles. The molecule has 1 aliphatic carbocycles. The fourth-order valence-electron chi connectivity index (χ4n) is 0.831. The molecule has 1 atom stereocenters. The van der Waals surface area contributed by atoms with Crippen molar-refractivity contribution >= 4 is 0 Å². The SMILES string of the molecule is C#CC(CC)C1=CC1. The van der Waals surface area contributed by atoms with Crippen molar-refractivity contribution in [1.82, 2.24) is 0 Å². The number of hydrogen-bond donors (Lipinski definition) is 0. The minimum atomic E-state index is 0.454. The Kier molecular flexibility index (Phi) is 1.39. The summed E-state index contributed by atoms with van der Waals surface area (Å²) in [4.78, 5) is 0. The van der Waals surface area contributed by atoms with Gasteiger partial charge in [-0.15, -0.1) is 6.42 Å². The van der Waals surface area contributed by atoms with Gasteiger partial charge in [0.15, 0.2) is 0 Å². The fraction of sp³-hybridized carbons (Fsp3) is 0.500. The molecule has 1 rings (SSSR count). The minimum Gasteiger partial charge on any atom is -0.119 e. The zero-order valence-electron chi connectivity index (χ0n) is 5.15. The molecule has 0 amide bonds. The lowest BCUT2D eigenvalue weighted by atomic mass is 10.1. The highest BCUT2D eigenvalue weighted by atomic mass is 14.2. The van der Waals surface area contributed by atoms with Gasteiger partial charge in [-0.05, 0) is 12.8 Å². The summed E-state index contributed by atoms with van der Waals surface area (Å²) in [6.45, 7) is 2.13. The van der Waals surface area contributed by atoms with Crippen LogP contribution >= 0.6 is 0 Å². The van der Waals surface area contributed by atoms with Crippen molar-refractivity contribution < 1.29 is 0 Å². The molecule has 0 nitrogen and oxygen atoms in total. The van der Waals surface area contributed by atoms with Gasteiger partial charge in [-0.2, -0.15) is 0 Å². The Bertz CT molecular complexity index is 146. The van der Waals surface area contributed by atoms with Gasteiger partial charge in [-0.3, -0.25) is 0 Å². The monoisotopic (exact) mass is 106 g/mol. The fourth-order valence-corrected chi connectivity index (χ4v) is 0.831. The van der Waals surface area contributed by atoms with Crippen molar-refractivity contribution in [2.45, 2.75) is 19.8 Å². The molecular formula is C8H10. The van der Waals surface area contributed by atoms with Crippen molar-refractivity contribution in [3.63, 3.8) is 0 Å². The average Bonchev–Trinajstić information content (AvgIpc) is 2.53. The first-order chi connectivity index (χ1) is 3.88. The molecule has 1 aliphatic rings. The summed E-state index contributed by atoms with van der Waals surface area (Å²) in [6.07, 6.45) is 9.70. The molecule has 42 valence electrons. The number of allylic oxidation sites excluding steroid dienone is 2. The maximum Gasteiger partial charge on any atom is 0.0409 e. The molecule has 0 fully saturated rings. The quantitative estimate of drug-likeness (QED) is 0.373. The lowest BCUT2D eigenvalue weighted by Gasteiger charge is -1.98. The Balaban J connectivity index is 2.41. The van der Waals surface area contributed by atoms with Gasteiger partial charge in [0.2, 0.25) is 0 Å². The van der Waals surface area contributed by atoms with E-state index in [2.05, 4.69) is 18.9 Å². The van der Waals surface area contributed by atoms with Gasteiger partial charge in [0, 0.05) is 5.92 Å². The van der Waals surface area contributed by atoms with Gasteiger partial charge in [-0.1, -0.05) is 24.5 Å². The maximum absolute atomic E-state index is 5.23. The van der Waals surface area contributed by atoms with Gasteiger partial charge in [0.05, 0.1) is 0 Å². The zero-order valence-corrected chi connectivity index (χ0v) is 5.15. The molecule has 0 heteroatoms. The average molecular weight is 106 g/mol. The van der Waals surface area contributed by atoms with E-state index in [-0.39, 0.29) is 0 Å². The first-order valence-electron chi connectivity index (χ1n) is 3.03. The third-order valence-electron chi connectivity index (χ3n) is 1.50. The van der Waals surface area contributed by atoms with Gasteiger partial charge in [-0.25, -0.2) is 0 Å². The van der Waals surface area contributed by atoms with Crippen LogP contribution in [0.4, 0.5) is 0 Å². The molecule has 0 aromatic rings. The van der Waals surface area contributed by atoms with Crippen LogP contribution in [0, 0.1) is 18.3 Å². The predicted molar refractivity (Wildman–Crippen MR) is 35.3 cm³/mol. The van der Waals surface area contributed by atoms with Crippen LogP contribution in [0.1, 0.15) is 19.8 Å². The third kappa shape index (κ3) is 0.924. The van der Waals surface area contributed by atoms with Gasteiger partial charge >= 0.3 is 0 Å². The number of hydrogen-bond acceptors (Lipinski definition) is 0. The Labute approximate surface area is 50.6 Å². The summed E-state index contributed by atoms with van der Waals surface area (Å²) in [5.74, 6) is 3.20. The Hall–Kier alpha value is -0.700. The summed E-state index contributed by atoms with van der Waals surface area (Å²) in [6, 6.07) is 0. The molecule has 0 aliphatic heterocycles. The summed E-state index contributed by atoms with van der Waals surface area (Å²) >= 11 is 0. The van der Waals surface area contributed by atoms with Gasteiger partial charge in [0.25, 0.3) is 0 Å². The van der Waals surface area contributed by atoms with Crippen LogP contribution in [0.15, 0.2) is 11.6 Å². The van der Waals surface area contributed by atoms with E-state index in [9.17, 15) is 0 Å². The normalized spacial score (nSPS) is 18.8. The molecule has 1 unspecified atom stereocenters. The largest absolute Gasteiger partial charge is 0.119 e. The smallest absolute Gasteiger partial charge is 0.0409 e. The number of terminal acetylenes is 1. The van der Waals surface area contributed by atoms with Crippen LogP contribution in [0.3, 0.4) is 0 Å². The van der Waals surface area contributed by atoms with Crippen molar-refractivity contribution in [2.24, 2.45) is 5.92 Å². The van der Waals surface area contributed by atoms with E-state index in [1.165, 1.54) is 12.0 Å². The van der Waals surface area contributed by atoms with Crippen molar-refractivity contribution in [3.05, 3.63) is 11.6 Å². The summed E-state index contributed by atoms with van der Waals surface area (Å²) < 4.78 is 0. The van der Waals surface area contributed by atoms with Crippen molar-refractivity contribution in [3.8, 4) is 12.3 Å². The molecule has 0 saturated heterocycles. The zero-order chi connectivity index (χ0) is 5.98.